The molecule has 0 atom stereocenters. The van der Waals surface area contributed by atoms with Crippen LogP contribution in [-0.4, -0.2) is 16.7 Å². The van der Waals surface area contributed by atoms with Crippen LogP contribution in [0.1, 0.15) is 31.5 Å². The molecule has 100 valence electrons. The highest BCUT2D eigenvalue weighted by Gasteiger charge is 2.16. The number of rotatable bonds is 4. The van der Waals surface area contributed by atoms with E-state index in [1.807, 2.05) is 25.1 Å². The van der Waals surface area contributed by atoms with Gasteiger partial charge in [-0.3, -0.25) is 0 Å². The van der Waals surface area contributed by atoms with Crippen LogP contribution in [0.5, 0.6) is 0 Å². The highest BCUT2D eigenvalue weighted by atomic mass is 16.5. The molecule has 0 amide bonds. The van der Waals surface area contributed by atoms with Crippen LogP contribution in [0.25, 0.3) is 11.5 Å². The quantitative estimate of drug-likeness (QED) is 0.908. The second kappa shape index (κ2) is 5.43. The van der Waals surface area contributed by atoms with Gasteiger partial charge in [0.15, 0.2) is 5.82 Å². The molecule has 1 N–H and O–H groups in total. The van der Waals surface area contributed by atoms with E-state index in [1.165, 1.54) is 25.7 Å². The molecule has 4 nitrogen and oxygen atoms in total. The molecule has 2 aromatic rings. The fourth-order valence-electron chi connectivity index (χ4n) is 2.70. The topological polar surface area (TPSA) is 51.0 Å². The van der Waals surface area contributed by atoms with Crippen LogP contribution < -0.4 is 5.32 Å². The average molecular weight is 257 g/mol. The first-order chi connectivity index (χ1) is 9.33. The minimum absolute atomic E-state index is 0.590. The van der Waals surface area contributed by atoms with Gasteiger partial charge in [-0.1, -0.05) is 30.1 Å². The van der Waals surface area contributed by atoms with Crippen molar-refractivity contribution in [3.05, 3.63) is 30.1 Å². The molecule has 19 heavy (non-hydrogen) atoms. The smallest absolute Gasteiger partial charge is 0.260 e. The fourth-order valence-corrected chi connectivity index (χ4v) is 2.70. The van der Waals surface area contributed by atoms with Gasteiger partial charge in [-0.15, -0.1) is 0 Å². The Morgan fingerprint density at radius 3 is 2.79 bits per heavy atom. The maximum Gasteiger partial charge on any atom is 0.260 e. The fraction of sp³-hybridized carbons (Fsp3) is 0.467. The highest BCUT2D eigenvalue weighted by molar-refractivity contribution is 5.72. The van der Waals surface area contributed by atoms with Gasteiger partial charge < -0.3 is 9.84 Å². The van der Waals surface area contributed by atoms with Gasteiger partial charge in [-0.25, -0.2) is 0 Å². The molecule has 1 aliphatic carbocycles. The largest absolute Gasteiger partial charge is 0.384 e. The first-order valence-electron chi connectivity index (χ1n) is 6.96. The number of nitrogens with one attached hydrogen (secondary N) is 1. The van der Waals surface area contributed by atoms with E-state index in [-0.39, 0.29) is 0 Å². The van der Waals surface area contributed by atoms with Crippen LogP contribution >= 0.6 is 0 Å². The van der Waals surface area contributed by atoms with Crippen molar-refractivity contribution in [1.82, 2.24) is 10.1 Å². The highest BCUT2D eigenvalue weighted by Crippen LogP contribution is 2.29. The van der Waals surface area contributed by atoms with Crippen molar-refractivity contribution in [2.75, 3.05) is 11.9 Å². The summed E-state index contributed by atoms with van der Waals surface area (Å²) in [7, 11) is 0. The van der Waals surface area contributed by atoms with Gasteiger partial charge in [-0.2, -0.15) is 4.98 Å². The van der Waals surface area contributed by atoms with Gasteiger partial charge in [0, 0.05) is 12.2 Å². The molecule has 1 aliphatic rings. The van der Waals surface area contributed by atoms with Crippen molar-refractivity contribution in [2.45, 2.75) is 32.6 Å². The lowest BCUT2D eigenvalue weighted by molar-refractivity contribution is 0.425. The maximum atomic E-state index is 5.26. The Morgan fingerprint density at radius 1 is 1.26 bits per heavy atom. The normalized spacial score (nSPS) is 15.8. The Morgan fingerprint density at radius 2 is 2.05 bits per heavy atom. The molecule has 1 fully saturated rings. The van der Waals surface area contributed by atoms with E-state index < -0.39 is 0 Å². The summed E-state index contributed by atoms with van der Waals surface area (Å²) < 4.78 is 5.26. The molecule has 0 saturated heterocycles. The van der Waals surface area contributed by atoms with Crippen LogP contribution in [0.3, 0.4) is 0 Å². The van der Waals surface area contributed by atoms with Crippen molar-refractivity contribution >= 4 is 5.69 Å². The number of anilines is 1. The first kappa shape index (κ1) is 12.2. The van der Waals surface area contributed by atoms with Crippen LogP contribution in [0.4, 0.5) is 5.69 Å². The van der Waals surface area contributed by atoms with E-state index in [9.17, 15) is 0 Å². The standard InChI is InChI=1S/C15H19N3O/c1-11-17-15(19-18-11)13-8-4-5-9-14(13)16-10-12-6-2-3-7-12/h4-5,8-9,12,16H,2-3,6-7,10H2,1H3. The number of para-hydroxylation sites is 1. The number of aromatic nitrogens is 2. The minimum Gasteiger partial charge on any atom is -0.384 e. The monoisotopic (exact) mass is 257 g/mol. The zero-order chi connectivity index (χ0) is 13.1. The summed E-state index contributed by atoms with van der Waals surface area (Å²) in [5.74, 6) is 2.06. The molecular weight excluding hydrogens is 238 g/mol. The Bertz CT molecular complexity index is 544. The summed E-state index contributed by atoms with van der Waals surface area (Å²) in [4.78, 5) is 4.30. The maximum absolute atomic E-state index is 5.26. The summed E-state index contributed by atoms with van der Waals surface area (Å²) in [6.07, 6.45) is 5.43. The van der Waals surface area contributed by atoms with Gasteiger partial charge in [0.2, 0.25) is 0 Å². The van der Waals surface area contributed by atoms with Crippen LogP contribution in [-0.2, 0) is 0 Å². The predicted molar refractivity (Wildman–Crippen MR) is 74.9 cm³/mol. The van der Waals surface area contributed by atoms with Gasteiger partial charge in [0.25, 0.3) is 5.89 Å². The number of nitrogens with zero attached hydrogens (tertiary/aromatic N) is 2. The molecule has 1 heterocycles. The lowest BCUT2D eigenvalue weighted by Gasteiger charge is -2.13. The first-order valence-corrected chi connectivity index (χ1v) is 6.96. The van der Waals surface area contributed by atoms with E-state index in [0.29, 0.717) is 11.7 Å². The van der Waals surface area contributed by atoms with Crippen molar-refractivity contribution in [2.24, 2.45) is 5.92 Å². The minimum atomic E-state index is 0.590. The second-order valence-corrected chi connectivity index (χ2v) is 5.22. The van der Waals surface area contributed by atoms with Crippen LogP contribution in [0.2, 0.25) is 0 Å². The van der Waals surface area contributed by atoms with E-state index in [2.05, 4.69) is 21.5 Å². The molecule has 1 aromatic heterocycles. The van der Waals surface area contributed by atoms with Crippen LogP contribution in [0, 0.1) is 12.8 Å². The molecule has 0 bridgehead atoms. The zero-order valence-electron chi connectivity index (χ0n) is 11.2. The van der Waals surface area contributed by atoms with E-state index in [4.69, 9.17) is 4.52 Å². The Balaban J connectivity index is 1.77. The summed E-state index contributed by atoms with van der Waals surface area (Å²) in [5.41, 5.74) is 2.07. The molecule has 0 spiro atoms. The van der Waals surface area contributed by atoms with Crippen molar-refractivity contribution in [3.63, 3.8) is 0 Å². The van der Waals surface area contributed by atoms with Crippen molar-refractivity contribution in [3.8, 4) is 11.5 Å². The van der Waals surface area contributed by atoms with E-state index >= 15 is 0 Å². The average Bonchev–Trinajstić information content (AvgIpc) is 3.08. The van der Waals surface area contributed by atoms with E-state index in [1.54, 1.807) is 0 Å². The summed E-state index contributed by atoms with van der Waals surface area (Å²) in [6, 6.07) is 8.12. The van der Waals surface area contributed by atoms with Gasteiger partial charge in [0.05, 0.1) is 5.56 Å². The summed E-state index contributed by atoms with van der Waals surface area (Å²) >= 11 is 0. The summed E-state index contributed by atoms with van der Waals surface area (Å²) in [5, 5.41) is 7.39. The number of benzene rings is 1. The lowest BCUT2D eigenvalue weighted by atomic mass is 10.1. The number of aryl methyl sites for hydroxylation is 1. The zero-order valence-corrected chi connectivity index (χ0v) is 11.2. The Labute approximate surface area is 113 Å². The molecule has 0 radical (unpaired) electrons. The predicted octanol–water partition coefficient (Wildman–Crippen LogP) is 3.65. The lowest BCUT2D eigenvalue weighted by Crippen LogP contribution is -2.11. The van der Waals surface area contributed by atoms with Gasteiger partial charge in [-0.05, 0) is 37.8 Å². The Kier molecular flexibility index (Phi) is 3.49. The second-order valence-electron chi connectivity index (χ2n) is 5.22. The molecule has 0 unspecified atom stereocenters. The van der Waals surface area contributed by atoms with Crippen molar-refractivity contribution in [1.29, 1.82) is 0 Å². The molecule has 1 aromatic carbocycles. The third-order valence-electron chi connectivity index (χ3n) is 3.74. The molecule has 3 rings (SSSR count). The van der Waals surface area contributed by atoms with Crippen molar-refractivity contribution < 1.29 is 4.52 Å². The summed E-state index contributed by atoms with van der Waals surface area (Å²) in [6.45, 7) is 2.87. The SMILES string of the molecule is Cc1noc(-c2ccccc2NCC2CCCC2)n1. The van der Waals surface area contributed by atoms with Gasteiger partial charge in [0.1, 0.15) is 0 Å². The third kappa shape index (κ3) is 2.78. The Hall–Kier alpha value is -1.84. The third-order valence-corrected chi connectivity index (χ3v) is 3.74. The van der Waals surface area contributed by atoms with Gasteiger partial charge >= 0.3 is 0 Å². The molecule has 4 heteroatoms. The molecule has 0 aliphatic heterocycles. The molecule has 1 saturated carbocycles. The molecular formula is C15H19N3O. The number of hydrogen-bond donors (Lipinski definition) is 1. The van der Waals surface area contributed by atoms with Crippen LogP contribution in [0.15, 0.2) is 28.8 Å². The number of hydrogen-bond acceptors (Lipinski definition) is 4. The van der Waals surface area contributed by atoms with E-state index in [0.717, 1.165) is 23.7 Å².